The second-order valence-electron chi connectivity index (χ2n) is 8.66. The molecule has 2 heterocycles. The number of benzene rings is 1. The van der Waals surface area contributed by atoms with Gasteiger partial charge in [0, 0.05) is 40.4 Å². The number of dihydropyridines is 1. The minimum Gasteiger partial charge on any atom is -0.459 e. The quantitative estimate of drug-likeness (QED) is 0.669. The van der Waals surface area contributed by atoms with Crippen molar-refractivity contribution < 1.29 is 23.8 Å². The van der Waals surface area contributed by atoms with Crippen LogP contribution in [0, 0.1) is 0 Å². The minimum atomic E-state index is -0.581. The number of fused-ring (bicyclic) bond motifs is 1. The molecular formula is C24H26ClNO5. The Morgan fingerprint density at radius 3 is 2.61 bits per heavy atom. The van der Waals surface area contributed by atoms with Crippen molar-refractivity contribution in [1.29, 1.82) is 0 Å². The largest absolute Gasteiger partial charge is 0.459 e. The maximum atomic E-state index is 13.4. The molecule has 0 unspecified atom stereocenters. The van der Waals surface area contributed by atoms with Gasteiger partial charge in [0.2, 0.25) is 6.79 Å². The van der Waals surface area contributed by atoms with Crippen molar-refractivity contribution in [2.75, 3.05) is 6.79 Å². The predicted molar refractivity (Wildman–Crippen MR) is 115 cm³/mol. The van der Waals surface area contributed by atoms with Crippen LogP contribution in [0.25, 0.3) is 0 Å². The number of allylic oxidation sites excluding steroid dienone is 3. The topological polar surface area (TPSA) is 73.9 Å². The smallest absolute Gasteiger partial charge is 0.337 e. The number of carbonyl (C=O) groups is 2. The number of ether oxygens (including phenoxy) is 3. The minimum absolute atomic E-state index is 0.0444. The van der Waals surface area contributed by atoms with Crippen LogP contribution < -0.4 is 14.8 Å². The lowest BCUT2D eigenvalue weighted by molar-refractivity contribution is -0.146. The lowest BCUT2D eigenvalue weighted by Gasteiger charge is -2.35. The Bertz CT molecular complexity index is 1010. The SMILES string of the molecule is CC1=C(C(=O)OC2CCCCC2)[C@@H](c2cc3c(cc2Cl)OCO3)C2=C(CCCC2=O)N1. The van der Waals surface area contributed by atoms with Crippen LogP contribution in [0.1, 0.15) is 69.8 Å². The molecule has 0 amide bonds. The Morgan fingerprint density at radius 1 is 1.10 bits per heavy atom. The van der Waals surface area contributed by atoms with E-state index >= 15 is 0 Å². The Balaban J connectivity index is 1.59. The number of halogens is 1. The van der Waals surface area contributed by atoms with Gasteiger partial charge in [-0.25, -0.2) is 4.79 Å². The van der Waals surface area contributed by atoms with Crippen LogP contribution in [0.2, 0.25) is 5.02 Å². The Labute approximate surface area is 186 Å². The number of nitrogens with one attached hydrogen (secondary N) is 1. The molecule has 5 rings (SSSR count). The molecule has 0 aromatic heterocycles. The molecular weight excluding hydrogens is 418 g/mol. The first-order chi connectivity index (χ1) is 15.0. The van der Waals surface area contributed by atoms with Crippen molar-refractivity contribution in [2.24, 2.45) is 0 Å². The number of esters is 1. The van der Waals surface area contributed by atoms with Crippen molar-refractivity contribution in [3.63, 3.8) is 0 Å². The summed E-state index contributed by atoms with van der Waals surface area (Å²) in [5.41, 5.74) is 3.34. The molecule has 7 heteroatoms. The first-order valence-electron chi connectivity index (χ1n) is 11.1. The lowest BCUT2D eigenvalue weighted by atomic mass is 9.75. The Kier molecular flexibility index (Phi) is 5.42. The van der Waals surface area contributed by atoms with Crippen molar-refractivity contribution in [2.45, 2.75) is 70.3 Å². The fourth-order valence-corrected chi connectivity index (χ4v) is 5.38. The summed E-state index contributed by atoms with van der Waals surface area (Å²) < 4.78 is 16.9. The summed E-state index contributed by atoms with van der Waals surface area (Å²) >= 11 is 6.67. The molecule has 1 N–H and O–H groups in total. The Hall–Kier alpha value is -2.47. The van der Waals surface area contributed by atoms with Gasteiger partial charge in [-0.05, 0) is 57.1 Å². The van der Waals surface area contributed by atoms with Gasteiger partial charge in [0.05, 0.1) is 5.57 Å². The zero-order valence-corrected chi connectivity index (χ0v) is 18.3. The van der Waals surface area contributed by atoms with E-state index in [9.17, 15) is 9.59 Å². The fraction of sp³-hybridized carbons (Fsp3) is 0.500. The monoisotopic (exact) mass is 443 g/mol. The van der Waals surface area contributed by atoms with Gasteiger partial charge in [-0.1, -0.05) is 18.0 Å². The third-order valence-corrected chi connectivity index (χ3v) is 6.95. The molecule has 31 heavy (non-hydrogen) atoms. The summed E-state index contributed by atoms with van der Waals surface area (Å²) in [5.74, 6) is 0.227. The molecule has 0 bridgehead atoms. The second kappa shape index (κ2) is 8.23. The highest BCUT2D eigenvalue weighted by molar-refractivity contribution is 6.32. The number of Topliss-reactive ketones (excluding diaryl/α,β-unsaturated/α-hetero) is 1. The van der Waals surface area contributed by atoms with Gasteiger partial charge < -0.3 is 19.5 Å². The number of carbonyl (C=O) groups excluding carboxylic acids is 2. The molecule has 1 saturated carbocycles. The fourth-order valence-electron chi connectivity index (χ4n) is 5.12. The van der Waals surface area contributed by atoms with Gasteiger partial charge in [0.25, 0.3) is 0 Å². The summed E-state index contributed by atoms with van der Waals surface area (Å²) in [6.45, 7) is 1.99. The second-order valence-corrected chi connectivity index (χ2v) is 9.07. The molecule has 4 aliphatic rings. The van der Waals surface area contributed by atoms with E-state index in [4.69, 9.17) is 25.8 Å². The predicted octanol–water partition coefficient (Wildman–Crippen LogP) is 4.91. The summed E-state index contributed by atoms with van der Waals surface area (Å²) in [6.07, 6.45) is 7.02. The highest BCUT2D eigenvalue weighted by atomic mass is 35.5. The molecule has 1 atom stereocenters. The van der Waals surface area contributed by atoms with E-state index in [-0.39, 0.29) is 24.6 Å². The van der Waals surface area contributed by atoms with Gasteiger partial charge in [0.1, 0.15) is 6.10 Å². The van der Waals surface area contributed by atoms with Crippen molar-refractivity contribution in [3.05, 3.63) is 45.3 Å². The summed E-state index contributed by atoms with van der Waals surface area (Å²) in [4.78, 5) is 26.5. The van der Waals surface area contributed by atoms with E-state index in [1.54, 1.807) is 12.1 Å². The molecule has 0 radical (unpaired) electrons. The molecule has 2 aliphatic carbocycles. The van der Waals surface area contributed by atoms with Crippen LogP contribution in [0.3, 0.4) is 0 Å². The first-order valence-corrected chi connectivity index (χ1v) is 11.4. The number of ketones is 1. The van der Waals surface area contributed by atoms with E-state index in [0.29, 0.717) is 45.3 Å². The highest BCUT2D eigenvalue weighted by Gasteiger charge is 2.41. The third-order valence-electron chi connectivity index (χ3n) is 6.62. The van der Waals surface area contributed by atoms with E-state index in [2.05, 4.69) is 5.32 Å². The van der Waals surface area contributed by atoms with E-state index in [0.717, 1.165) is 44.2 Å². The van der Waals surface area contributed by atoms with Gasteiger partial charge in [-0.15, -0.1) is 0 Å². The Morgan fingerprint density at radius 2 is 1.84 bits per heavy atom. The molecule has 2 aliphatic heterocycles. The average Bonchev–Trinajstić information content (AvgIpc) is 3.20. The molecule has 0 spiro atoms. The van der Waals surface area contributed by atoms with Crippen molar-refractivity contribution in [3.8, 4) is 11.5 Å². The zero-order valence-electron chi connectivity index (χ0n) is 17.6. The first kappa shape index (κ1) is 20.4. The highest BCUT2D eigenvalue weighted by Crippen LogP contribution is 2.48. The molecule has 164 valence electrons. The molecule has 6 nitrogen and oxygen atoms in total. The molecule has 1 aromatic rings. The zero-order chi connectivity index (χ0) is 21.5. The standard InChI is InChI=1S/C24H26ClNO5/c1-13-21(24(28)31-14-6-3-2-4-7-14)22(23-17(26-13)8-5-9-18(23)27)15-10-19-20(11-16(15)25)30-12-29-19/h10-11,14,22,26H,2-9,12H2,1H3/t22-/m1/s1. The van der Waals surface area contributed by atoms with Crippen LogP contribution in [0.15, 0.2) is 34.7 Å². The van der Waals surface area contributed by atoms with Gasteiger partial charge in [-0.3, -0.25) is 4.79 Å². The van der Waals surface area contributed by atoms with E-state index in [1.165, 1.54) is 6.42 Å². The maximum Gasteiger partial charge on any atom is 0.337 e. The van der Waals surface area contributed by atoms with Crippen molar-refractivity contribution in [1.82, 2.24) is 5.32 Å². The number of hydrogen-bond donors (Lipinski definition) is 1. The normalized spacial score (nSPS) is 23.5. The van der Waals surface area contributed by atoms with Crippen LogP contribution >= 0.6 is 11.6 Å². The summed E-state index contributed by atoms with van der Waals surface area (Å²) in [5, 5.41) is 3.77. The van der Waals surface area contributed by atoms with Gasteiger partial charge >= 0.3 is 5.97 Å². The van der Waals surface area contributed by atoms with Gasteiger partial charge in [-0.2, -0.15) is 0 Å². The molecule has 1 aromatic carbocycles. The van der Waals surface area contributed by atoms with E-state index in [1.807, 2.05) is 6.92 Å². The van der Waals surface area contributed by atoms with Gasteiger partial charge in [0.15, 0.2) is 17.3 Å². The number of rotatable bonds is 3. The third kappa shape index (κ3) is 3.71. The van der Waals surface area contributed by atoms with E-state index < -0.39 is 5.92 Å². The van der Waals surface area contributed by atoms with Crippen LogP contribution in [-0.4, -0.2) is 24.6 Å². The summed E-state index contributed by atoms with van der Waals surface area (Å²) in [7, 11) is 0. The average molecular weight is 444 g/mol. The van der Waals surface area contributed by atoms with Crippen LogP contribution in [0.5, 0.6) is 11.5 Å². The van der Waals surface area contributed by atoms with Crippen molar-refractivity contribution >= 4 is 23.4 Å². The number of hydrogen-bond acceptors (Lipinski definition) is 6. The van der Waals surface area contributed by atoms with Crippen LogP contribution in [-0.2, 0) is 14.3 Å². The molecule has 1 fully saturated rings. The van der Waals surface area contributed by atoms with Crippen LogP contribution in [0.4, 0.5) is 0 Å². The molecule has 0 saturated heterocycles. The maximum absolute atomic E-state index is 13.4. The summed E-state index contributed by atoms with van der Waals surface area (Å²) in [6, 6.07) is 3.50. The lowest BCUT2D eigenvalue weighted by Crippen LogP contribution is -2.35.